The summed E-state index contributed by atoms with van der Waals surface area (Å²) >= 11 is 0. The topological polar surface area (TPSA) is 85.1 Å². The fraction of sp³-hybridized carbons (Fsp3) is 0.667. The number of nitrogens with zero attached hydrogens (tertiary/aromatic N) is 2. The predicted octanol–water partition coefficient (Wildman–Crippen LogP) is 1.47. The van der Waals surface area contributed by atoms with Crippen molar-refractivity contribution in [1.29, 1.82) is 0 Å². The quantitative estimate of drug-likeness (QED) is 0.735. The van der Waals surface area contributed by atoms with E-state index < -0.39 is 0 Å². The molecule has 1 unspecified atom stereocenters. The summed E-state index contributed by atoms with van der Waals surface area (Å²) in [6.45, 7) is 4.45. The maximum atomic E-state index is 5.66. The average Bonchev–Trinajstić information content (AvgIpc) is 2.37. The number of anilines is 3. The van der Waals surface area contributed by atoms with Crippen LogP contribution in [0.4, 0.5) is 17.6 Å². The van der Waals surface area contributed by atoms with Crippen molar-refractivity contribution in [1.82, 2.24) is 9.97 Å². The molecule has 1 aliphatic rings. The molecular formula is C12H21N5O. The van der Waals surface area contributed by atoms with Gasteiger partial charge < -0.3 is 21.1 Å². The van der Waals surface area contributed by atoms with Gasteiger partial charge in [0.15, 0.2) is 0 Å². The smallest absolute Gasteiger partial charge is 0.223 e. The number of nitrogens with one attached hydrogen (secondary N) is 2. The van der Waals surface area contributed by atoms with Crippen molar-refractivity contribution in [2.24, 2.45) is 0 Å². The van der Waals surface area contributed by atoms with Gasteiger partial charge in [-0.05, 0) is 26.2 Å². The van der Waals surface area contributed by atoms with Crippen molar-refractivity contribution in [2.75, 3.05) is 36.1 Å². The third kappa shape index (κ3) is 3.73. The first-order valence-corrected chi connectivity index (χ1v) is 6.52. The highest BCUT2D eigenvalue weighted by Crippen LogP contribution is 2.15. The van der Waals surface area contributed by atoms with Crippen molar-refractivity contribution >= 4 is 17.6 Å². The highest BCUT2D eigenvalue weighted by Gasteiger charge is 2.13. The molecule has 0 aromatic carbocycles. The predicted molar refractivity (Wildman–Crippen MR) is 72.7 cm³/mol. The van der Waals surface area contributed by atoms with Gasteiger partial charge in [-0.3, -0.25) is 0 Å². The maximum absolute atomic E-state index is 5.66. The highest BCUT2D eigenvalue weighted by atomic mass is 16.5. The van der Waals surface area contributed by atoms with Crippen LogP contribution >= 0.6 is 0 Å². The first kappa shape index (κ1) is 12.9. The lowest BCUT2D eigenvalue weighted by Crippen LogP contribution is -2.27. The molecule has 100 valence electrons. The molecule has 18 heavy (non-hydrogen) atoms. The first-order chi connectivity index (χ1) is 8.78. The number of rotatable bonds is 5. The van der Waals surface area contributed by atoms with E-state index >= 15 is 0 Å². The van der Waals surface area contributed by atoms with E-state index in [0.717, 1.165) is 37.8 Å². The summed E-state index contributed by atoms with van der Waals surface area (Å²) in [5.74, 6) is 1.77. The summed E-state index contributed by atoms with van der Waals surface area (Å²) in [6, 6.07) is 1.86. The number of nitrogen functional groups attached to an aromatic ring is 1. The summed E-state index contributed by atoms with van der Waals surface area (Å²) < 4.78 is 5.65. The van der Waals surface area contributed by atoms with E-state index in [-0.39, 0.29) is 12.1 Å². The molecule has 0 amide bonds. The van der Waals surface area contributed by atoms with E-state index in [0.29, 0.717) is 0 Å². The van der Waals surface area contributed by atoms with Gasteiger partial charge in [0, 0.05) is 25.8 Å². The standard InChI is InChI=1S/C12H21N5O/c1-2-14-10-7-11(17-12(13)16-10)15-8-9-5-3-4-6-18-9/h7,9H,2-6,8H2,1H3,(H4,13,14,15,16,17). The van der Waals surface area contributed by atoms with E-state index in [1.807, 2.05) is 13.0 Å². The first-order valence-electron chi connectivity index (χ1n) is 6.52. The van der Waals surface area contributed by atoms with Crippen LogP contribution in [0.15, 0.2) is 6.07 Å². The molecule has 4 N–H and O–H groups in total. The number of ether oxygens (including phenoxy) is 1. The van der Waals surface area contributed by atoms with E-state index in [1.54, 1.807) is 0 Å². The van der Waals surface area contributed by atoms with Crippen molar-refractivity contribution in [3.8, 4) is 0 Å². The SMILES string of the molecule is CCNc1cc(NCC2CCCCO2)nc(N)n1. The maximum Gasteiger partial charge on any atom is 0.223 e. The fourth-order valence-corrected chi connectivity index (χ4v) is 2.01. The van der Waals surface area contributed by atoms with Crippen LogP contribution in [-0.2, 0) is 4.74 Å². The minimum Gasteiger partial charge on any atom is -0.376 e. The summed E-state index contributed by atoms with van der Waals surface area (Å²) in [6.07, 6.45) is 3.79. The summed E-state index contributed by atoms with van der Waals surface area (Å²) in [5.41, 5.74) is 5.66. The Balaban J connectivity index is 1.91. The minimum atomic E-state index is 0.275. The van der Waals surface area contributed by atoms with Crippen molar-refractivity contribution in [3.05, 3.63) is 6.07 Å². The normalized spacial score (nSPS) is 19.5. The fourth-order valence-electron chi connectivity index (χ4n) is 2.01. The number of aromatic nitrogens is 2. The van der Waals surface area contributed by atoms with Gasteiger partial charge in [-0.2, -0.15) is 9.97 Å². The van der Waals surface area contributed by atoms with Gasteiger partial charge in [0.1, 0.15) is 11.6 Å². The molecule has 2 heterocycles. The Kier molecular flexibility index (Phi) is 4.58. The molecule has 1 aromatic heterocycles. The van der Waals surface area contributed by atoms with Crippen LogP contribution in [0.25, 0.3) is 0 Å². The molecular weight excluding hydrogens is 230 g/mol. The third-order valence-corrected chi connectivity index (χ3v) is 2.89. The van der Waals surface area contributed by atoms with Gasteiger partial charge in [0.2, 0.25) is 5.95 Å². The van der Waals surface area contributed by atoms with Crippen molar-refractivity contribution < 1.29 is 4.74 Å². The molecule has 1 saturated heterocycles. The average molecular weight is 251 g/mol. The lowest BCUT2D eigenvalue weighted by atomic mass is 10.1. The molecule has 1 aromatic rings. The highest BCUT2D eigenvalue weighted by molar-refractivity contribution is 5.50. The van der Waals surface area contributed by atoms with Gasteiger partial charge in [-0.15, -0.1) is 0 Å². The Morgan fingerprint density at radius 2 is 2.11 bits per heavy atom. The van der Waals surface area contributed by atoms with Crippen LogP contribution in [0.5, 0.6) is 0 Å². The van der Waals surface area contributed by atoms with Crippen molar-refractivity contribution in [3.63, 3.8) is 0 Å². The zero-order valence-corrected chi connectivity index (χ0v) is 10.8. The van der Waals surface area contributed by atoms with E-state index in [4.69, 9.17) is 10.5 Å². The zero-order valence-electron chi connectivity index (χ0n) is 10.8. The molecule has 6 nitrogen and oxygen atoms in total. The van der Waals surface area contributed by atoms with Gasteiger partial charge in [0.05, 0.1) is 6.10 Å². The Labute approximate surface area is 107 Å². The van der Waals surface area contributed by atoms with Crippen LogP contribution in [0.1, 0.15) is 26.2 Å². The minimum absolute atomic E-state index is 0.275. The molecule has 0 radical (unpaired) electrons. The van der Waals surface area contributed by atoms with Crippen LogP contribution in [0.3, 0.4) is 0 Å². The van der Waals surface area contributed by atoms with Crippen molar-refractivity contribution in [2.45, 2.75) is 32.3 Å². The van der Waals surface area contributed by atoms with Crippen LogP contribution < -0.4 is 16.4 Å². The summed E-state index contributed by atoms with van der Waals surface area (Å²) in [7, 11) is 0. The molecule has 1 atom stereocenters. The molecule has 2 rings (SSSR count). The Morgan fingerprint density at radius 1 is 1.33 bits per heavy atom. The summed E-state index contributed by atoms with van der Waals surface area (Å²) in [4.78, 5) is 8.26. The molecule has 0 bridgehead atoms. The van der Waals surface area contributed by atoms with Gasteiger partial charge in [-0.25, -0.2) is 0 Å². The number of nitrogens with two attached hydrogens (primary N) is 1. The van der Waals surface area contributed by atoms with Gasteiger partial charge >= 0.3 is 0 Å². The lowest BCUT2D eigenvalue weighted by Gasteiger charge is -2.23. The second-order valence-electron chi connectivity index (χ2n) is 4.40. The summed E-state index contributed by atoms with van der Waals surface area (Å²) in [5, 5.41) is 6.38. The monoisotopic (exact) mass is 251 g/mol. The van der Waals surface area contributed by atoms with E-state index in [9.17, 15) is 0 Å². The Bertz CT molecular complexity index is 379. The third-order valence-electron chi connectivity index (χ3n) is 2.89. The Morgan fingerprint density at radius 3 is 2.78 bits per heavy atom. The second-order valence-corrected chi connectivity index (χ2v) is 4.40. The zero-order chi connectivity index (χ0) is 12.8. The van der Waals surface area contributed by atoms with Crippen LogP contribution in [-0.4, -0.2) is 35.8 Å². The molecule has 0 saturated carbocycles. The molecule has 6 heteroatoms. The molecule has 0 aliphatic carbocycles. The largest absolute Gasteiger partial charge is 0.376 e. The molecule has 1 fully saturated rings. The molecule has 1 aliphatic heterocycles. The van der Waals surface area contributed by atoms with Crippen LogP contribution in [0, 0.1) is 0 Å². The van der Waals surface area contributed by atoms with Gasteiger partial charge in [-0.1, -0.05) is 0 Å². The number of hydrogen-bond acceptors (Lipinski definition) is 6. The molecule has 0 spiro atoms. The van der Waals surface area contributed by atoms with E-state index in [2.05, 4.69) is 20.6 Å². The lowest BCUT2D eigenvalue weighted by molar-refractivity contribution is 0.0247. The van der Waals surface area contributed by atoms with Crippen LogP contribution in [0.2, 0.25) is 0 Å². The second kappa shape index (κ2) is 6.39. The Hall–Kier alpha value is -1.56. The van der Waals surface area contributed by atoms with E-state index in [1.165, 1.54) is 12.8 Å². The number of hydrogen-bond donors (Lipinski definition) is 3. The van der Waals surface area contributed by atoms with Gasteiger partial charge in [0.25, 0.3) is 0 Å².